The van der Waals surface area contributed by atoms with Crippen LogP contribution in [0, 0.1) is 0 Å². The maximum atomic E-state index is 11.9. The van der Waals surface area contributed by atoms with Gasteiger partial charge < -0.3 is 20.7 Å². The lowest BCUT2D eigenvalue weighted by Crippen LogP contribution is -2.41. The van der Waals surface area contributed by atoms with E-state index in [1.807, 2.05) is 13.8 Å². The highest BCUT2D eigenvalue weighted by atomic mass is 16.5. The smallest absolute Gasteiger partial charge is 0.239 e. The summed E-state index contributed by atoms with van der Waals surface area (Å²) in [6.45, 7) is 4.07. The van der Waals surface area contributed by atoms with Gasteiger partial charge in [-0.2, -0.15) is 0 Å². The summed E-state index contributed by atoms with van der Waals surface area (Å²) in [6.07, 6.45) is 0.218. The van der Waals surface area contributed by atoms with Crippen LogP contribution in [0.3, 0.4) is 0 Å². The number of carbonyl (C=O) groups is 2. The van der Waals surface area contributed by atoms with Crippen molar-refractivity contribution in [2.45, 2.75) is 26.3 Å². The maximum absolute atomic E-state index is 11.9. The summed E-state index contributed by atoms with van der Waals surface area (Å²) in [5.41, 5.74) is 6.23. The summed E-state index contributed by atoms with van der Waals surface area (Å²) in [4.78, 5) is 24.8. The van der Waals surface area contributed by atoms with Gasteiger partial charge in [0.05, 0.1) is 19.6 Å². The van der Waals surface area contributed by atoms with Gasteiger partial charge in [0.1, 0.15) is 5.75 Å². The molecule has 0 fully saturated rings. The van der Waals surface area contributed by atoms with E-state index in [9.17, 15) is 9.59 Å². The number of hydrogen-bond donors (Lipinski definition) is 2. The molecule has 3 N–H and O–H groups in total. The van der Waals surface area contributed by atoms with Gasteiger partial charge in [0.2, 0.25) is 11.8 Å². The molecule has 2 amide bonds. The van der Waals surface area contributed by atoms with Gasteiger partial charge in [-0.15, -0.1) is 0 Å². The Morgan fingerprint density at radius 1 is 1.29 bits per heavy atom. The van der Waals surface area contributed by atoms with E-state index in [1.54, 1.807) is 31.3 Å². The normalized spacial score (nSPS) is 10.3. The number of rotatable bonds is 7. The molecule has 0 unspecified atom stereocenters. The Kier molecular flexibility index (Phi) is 6.52. The average molecular weight is 293 g/mol. The molecule has 0 atom stereocenters. The molecule has 0 radical (unpaired) electrons. The number of amides is 2. The summed E-state index contributed by atoms with van der Waals surface area (Å²) in [5.74, 6) is 0.363. The van der Waals surface area contributed by atoms with Gasteiger partial charge in [-0.25, -0.2) is 0 Å². The number of hydrogen-bond acceptors (Lipinski definition) is 4. The molecule has 0 aliphatic rings. The molecule has 0 bridgehead atoms. The number of nitrogens with zero attached hydrogens (tertiary/aromatic N) is 1. The Labute approximate surface area is 125 Å². The summed E-state index contributed by atoms with van der Waals surface area (Å²) >= 11 is 0. The fraction of sp³-hybridized carbons (Fsp3) is 0.467. The van der Waals surface area contributed by atoms with E-state index in [0.717, 1.165) is 0 Å². The number of nitrogens with two attached hydrogens (primary N) is 1. The summed E-state index contributed by atoms with van der Waals surface area (Å²) in [6, 6.07) is 7.04. The third-order valence-corrected chi connectivity index (χ3v) is 2.72. The number of likely N-dealkylation sites (N-methyl/N-ethyl adjacent to an activating group) is 1. The van der Waals surface area contributed by atoms with Crippen molar-refractivity contribution in [3.05, 3.63) is 24.3 Å². The molecule has 21 heavy (non-hydrogen) atoms. The van der Waals surface area contributed by atoms with E-state index in [2.05, 4.69) is 5.32 Å². The minimum atomic E-state index is -0.166. The predicted octanol–water partition coefficient (Wildman–Crippen LogP) is 1.02. The second kappa shape index (κ2) is 8.14. The quantitative estimate of drug-likeness (QED) is 0.735. The first kappa shape index (κ1) is 16.8. The van der Waals surface area contributed by atoms with Crippen LogP contribution in [0.25, 0.3) is 0 Å². The highest BCUT2D eigenvalue weighted by molar-refractivity contribution is 5.84. The zero-order valence-electron chi connectivity index (χ0n) is 12.8. The molecule has 1 rings (SSSR count). The Balaban J connectivity index is 2.29. The highest BCUT2D eigenvalue weighted by Crippen LogP contribution is 2.13. The number of anilines is 1. The van der Waals surface area contributed by atoms with Gasteiger partial charge in [0, 0.05) is 18.8 Å². The molecule has 0 aliphatic heterocycles. The van der Waals surface area contributed by atoms with E-state index in [4.69, 9.17) is 10.5 Å². The minimum absolute atomic E-state index is 0.0544. The van der Waals surface area contributed by atoms with Crippen LogP contribution in [0.15, 0.2) is 24.3 Å². The number of nitrogens with one attached hydrogen (secondary N) is 1. The van der Waals surface area contributed by atoms with Crippen LogP contribution in [0.5, 0.6) is 5.75 Å². The van der Waals surface area contributed by atoms with Crippen molar-refractivity contribution < 1.29 is 14.3 Å². The van der Waals surface area contributed by atoms with Crippen molar-refractivity contribution in [1.29, 1.82) is 0 Å². The number of benzene rings is 1. The van der Waals surface area contributed by atoms with Crippen LogP contribution in [0.4, 0.5) is 5.69 Å². The first-order valence-electron chi connectivity index (χ1n) is 6.90. The number of ether oxygens (including phenoxy) is 1. The van der Waals surface area contributed by atoms with Crippen molar-refractivity contribution in [2.24, 2.45) is 0 Å². The van der Waals surface area contributed by atoms with Crippen molar-refractivity contribution in [3.63, 3.8) is 0 Å². The molecule has 0 heterocycles. The van der Waals surface area contributed by atoms with Crippen LogP contribution >= 0.6 is 0 Å². The number of nitrogen functional groups attached to an aromatic ring is 1. The lowest BCUT2D eigenvalue weighted by Gasteiger charge is -2.18. The van der Waals surface area contributed by atoms with E-state index < -0.39 is 0 Å². The fourth-order valence-electron chi connectivity index (χ4n) is 1.68. The molecule has 0 spiro atoms. The van der Waals surface area contributed by atoms with Gasteiger partial charge in [-0.3, -0.25) is 9.59 Å². The molecule has 0 saturated heterocycles. The molecule has 1 aromatic rings. The Bertz CT molecular complexity index is 472. The molecular weight excluding hydrogens is 270 g/mol. The maximum Gasteiger partial charge on any atom is 0.239 e. The Morgan fingerprint density at radius 2 is 1.90 bits per heavy atom. The highest BCUT2D eigenvalue weighted by Gasteiger charge is 2.13. The van der Waals surface area contributed by atoms with Gasteiger partial charge in [-0.05, 0) is 38.1 Å². The molecule has 116 valence electrons. The SMILES string of the molecule is CC(C)NC(=O)CN(C)C(=O)CCOc1ccc(N)cc1. The van der Waals surface area contributed by atoms with Crippen molar-refractivity contribution in [3.8, 4) is 5.75 Å². The van der Waals surface area contributed by atoms with Crippen LogP contribution in [-0.2, 0) is 9.59 Å². The molecular formula is C15H23N3O3. The zero-order chi connectivity index (χ0) is 15.8. The molecule has 0 aromatic heterocycles. The molecule has 0 aliphatic carbocycles. The van der Waals surface area contributed by atoms with Crippen LogP contribution in [0.2, 0.25) is 0 Å². The third kappa shape index (κ3) is 6.65. The van der Waals surface area contributed by atoms with Crippen LogP contribution in [0.1, 0.15) is 20.3 Å². The average Bonchev–Trinajstić information content (AvgIpc) is 2.39. The van der Waals surface area contributed by atoms with E-state index in [0.29, 0.717) is 11.4 Å². The number of carbonyl (C=O) groups excluding carboxylic acids is 2. The van der Waals surface area contributed by atoms with Crippen molar-refractivity contribution in [2.75, 3.05) is 25.9 Å². The van der Waals surface area contributed by atoms with Crippen LogP contribution < -0.4 is 15.8 Å². The molecule has 6 heteroatoms. The third-order valence-electron chi connectivity index (χ3n) is 2.72. The lowest BCUT2D eigenvalue weighted by molar-refractivity contribution is -0.135. The zero-order valence-corrected chi connectivity index (χ0v) is 12.8. The molecule has 0 saturated carbocycles. The largest absolute Gasteiger partial charge is 0.493 e. The summed E-state index contributed by atoms with van der Waals surface area (Å²) < 4.78 is 5.45. The standard InChI is InChI=1S/C15H23N3O3/c1-11(2)17-14(19)10-18(3)15(20)8-9-21-13-6-4-12(16)5-7-13/h4-7,11H,8-10,16H2,1-3H3,(H,17,19). The second-order valence-corrected chi connectivity index (χ2v) is 5.14. The first-order valence-corrected chi connectivity index (χ1v) is 6.90. The van der Waals surface area contributed by atoms with Crippen LogP contribution in [-0.4, -0.2) is 43.0 Å². The predicted molar refractivity (Wildman–Crippen MR) is 81.9 cm³/mol. The summed E-state index contributed by atoms with van der Waals surface area (Å²) in [5, 5.41) is 2.74. The van der Waals surface area contributed by atoms with Crippen molar-refractivity contribution >= 4 is 17.5 Å². The molecule has 1 aromatic carbocycles. The van der Waals surface area contributed by atoms with E-state index in [1.165, 1.54) is 4.90 Å². The first-order chi connectivity index (χ1) is 9.88. The van der Waals surface area contributed by atoms with Gasteiger partial charge in [0.15, 0.2) is 0 Å². The van der Waals surface area contributed by atoms with Gasteiger partial charge >= 0.3 is 0 Å². The Hall–Kier alpha value is -2.24. The van der Waals surface area contributed by atoms with Gasteiger partial charge in [-0.1, -0.05) is 0 Å². The minimum Gasteiger partial charge on any atom is -0.493 e. The second-order valence-electron chi connectivity index (χ2n) is 5.14. The Morgan fingerprint density at radius 3 is 2.48 bits per heavy atom. The monoisotopic (exact) mass is 293 g/mol. The topological polar surface area (TPSA) is 84.7 Å². The van der Waals surface area contributed by atoms with Crippen molar-refractivity contribution in [1.82, 2.24) is 10.2 Å². The van der Waals surface area contributed by atoms with Gasteiger partial charge in [0.25, 0.3) is 0 Å². The summed E-state index contributed by atoms with van der Waals surface area (Å²) in [7, 11) is 1.60. The lowest BCUT2D eigenvalue weighted by atomic mass is 10.3. The molecule has 6 nitrogen and oxygen atoms in total. The van der Waals surface area contributed by atoms with E-state index >= 15 is 0 Å². The van der Waals surface area contributed by atoms with E-state index in [-0.39, 0.29) is 37.4 Å². The fourth-order valence-corrected chi connectivity index (χ4v) is 1.68.